The highest BCUT2D eigenvalue weighted by molar-refractivity contribution is 6.04. The van der Waals surface area contributed by atoms with Crippen LogP contribution in [0.5, 0.6) is 11.6 Å². The van der Waals surface area contributed by atoms with Crippen LogP contribution >= 0.6 is 0 Å². The Labute approximate surface area is 289 Å². The van der Waals surface area contributed by atoms with E-state index >= 15 is 0 Å². The molecule has 0 spiro atoms. The first-order valence-electron chi connectivity index (χ1n) is 17.0. The molecule has 1 aliphatic heterocycles. The second kappa shape index (κ2) is 13.8. The molecule has 1 amide bonds. The Morgan fingerprint density at radius 3 is 2.48 bits per heavy atom. The lowest BCUT2D eigenvalue weighted by molar-refractivity contribution is -0.138. The van der Waals surface area contributed by atoms with Crippen LogP contribution in [0, 0.1) is 12.8 Å². The van der Waals surface area contributed by atoms with Crippen molar-refractivity contribution in [3.8, 4) is 23.0 Å². The molecule has 1 saturated carbocycles. The summed E-state index contributed by atoms with van der Waals surface area (Å²) in [4.78, 5) is 31.4. The van der Waals surface area contributed by atoms with Gasteiger partial charge in [0.05, 0.1) is 11.1 Å². The lowest BCUT2D eigenvalue weighted by atomic mass is 10.0. The van der Waals surface area contributed by atoms with Crippen molar-refractivity contribution < 1.29 is 22.7 Å². The number of hydrogen-bond acceptors (Lipinski definition) is 7. The van der Waals surface area contributed by atoms with Crippen molar-refractivity contribution in [1.29, 1.82) is 0 Å². The third-order valence-electron chi connectivity index (χ3n) is 10.0. The Hall–Kier alpha value is -4.81. The quantitative estimate of drug-likeness (QED) is 0.179. The van der Waals surface area contributed by atoms with Crippen LogP contribution in [0.25, 0.3) is 22.4 Å². The monoisotopic (exact) mass is 683 g/mol. The van der Waals surface area contributed by atoms with Crippen LogP contribution in [0.1, 0.15) is 53.2 Å². The number of rotatable bonds is 8. The van der Waals surface area contributed by atoms with Gasteiger partial charge in [0.1, 0.15) is 11.3 Å². The number of halogens is 3. The molecule has 9 nitrogen and oxygen atoms in total. The predicted molar refractivity (Wildman–Crippen MR) is 186 cm³/mol. The van der Waals surface area contributed by atoms with Gasteiger partial charge in [0, 0.05) is 87.3 Å². The molecule has 5 aromatic rings. The molecule has 2 unspecified atom stereocenters. The molecule has 260 valence electrons. The number of alkyl halides is 3. The van der Waals surface area contributed by atoms with E-state index in [9.17, 15) is 18.0 Å². The van der Waals surface area contributed by atoms with Crippen LogP contribution in [0.2, 0.25) is 0 Å². The van der Waals surface area contributed by atoms with Crippen LogP contribution in [-0.4, -0.2) is 67.4 Å². The van der Waals surface area contributed by atoms with E-state index in [0.29, 0.717) is 46.1 Å². The molecular weight excluding hydrogens is 643 g/mol. The number of benzene rings is 2. The summed E-state index contributed by atoms with van der Waals surface area (Å²) >= 11 is 0. The molecule has 2 atom stereocenters. The zero-order chi connectivity index (χ0) is 35.0. The number of nitrogens with one attached hydrogen (secondary N) is 1. The summed E-state index contributed by atoms with van der Waals surface area (Å²) in [7, 11) is 1.87. The summed E-state index contributed by atoms with van der Waals surface area (Å²) in [5, 5.41) is 2.76. The SMILES string of the molecule is Cc1ccc(NC(=O)c2ccc(CN3CCN(C4CCCC4C)CC3)c(C(F)(F)F)c2)cc1Oc1nc(-c2ccncc2)nc2ccn(C)c12. The van der Waals surface area contributed by atoms with Crippen molar-refractivity contribution in [2.24, 2.45) is 13.0 Å². The fraction of sp³-hybridized carbons (Fsp3) is 0.368. The smallest absolute Gasteiger partial charge is 0.416 e. The minimum absolute atomic E-state index is 0.0764. The summed E-state index contributed by atoms with van der Waals surface area (Å²) in [5.41, 5.74) is 2.60. The number of pyridine rings is 1. The van der Waals surface area contributed by atoms with Crippen LogP contribution in [0.4, 0.5) is 18.9 Å². The molecule has 1 saturated heterocycles. The normalized spacial score (nSPS) is 18.8. The highest BCUT2D eigenvalue weighted by Gasteiger charge is 2.36. The van der Waals surface area contributed by atoms with E-state index in [-0.39, 0.29) is 17.7 Å². The van der Waals surface area contributed by atoms with Crippen LogP contribution in [0.3, 0.4) is 0 Å². The Bertz CT molecular complexity index is 2010. The number of carbonyl (C=O) groups excluding carboxylic acids is 1. The van der Waals surface area contributed by atoms with Gasteiger partial charge in [-0.2, -0.15) is 18.2 Å². The number of piperazine rings is 1. The van der Waals surface area contributed by atoms with Crippen molar-refractivity contribution in [3.63, 3.8) is 0 Å². The number of hydrogen-bond donors (Lipinski definition) is 1. The number of amides is 1. The fourth-order valence-corrected chi connectivity index (χ4v) is 7.23. The van der Waals surface area contributed by atoms with Crippen LogP contribution in [-0.2, 0) is 19.8 Å². The summed E-state index contributed by atoms with van der Waals surface area (Å²) in [5.74, 6) is 1.23. The van der Waals surface area contributed by atoms with E-state index in [0.717, 1.165) is 43.4 Å². The molecule has 1 N–H and O–H groups in total. The number of nitrogens with zero attached hydrogens (tertiary/aromatic N) is 6. The zero-order valence-corrected chi connectivity index (χ0v) is 28.4. The number of aryl methyl sites for hydroxylation is 2. The predicted octanol–water partition coefficient (Wildman–Crippen LogP) is 7.71. The molecule has 2 fully saturated rings. The first-order valence-corrected chi connectivity index (χ1v) is 17.0. The van der Waals surface area contributed by atoms with Crippen LogP contribution in [0.15, 0.2) is 73.2 Å². The van der Waals surface area contributed by atoms with Gasteiger partial charge in [-0.05, 0) is 73.2 Å². The highest BCUT2D eigenvalue weighted by Crippen LogP contribution is 2.36. The fourth-order valence-electron chi connectivity index (χ4n) is 7.23. The molecule has 50 heavy (non-hydrogen) atoms. The molecule has 1 aliphatic carbocycles. The highest BCUT2D eigenvalue weighted by atomic mass is 19.4. The summed E-state index contributed by atoms with van der Waals surface area (Å²) in [6.45, 7) is 7.49. The number of anilines is 1. The zero-order valence-electron chi connectivity index (χ0n) is 28.4. The third-order valence-corrected chi connectivity index (χ3v) is 10.0. The molecule has 3 aromatic heterocycles. The number of ether oxygens (including phenoxy) is 1. The Kier molecular flexibility index (Phi) is 9.32. The molecule has 7 rings (SSSR count). The molecule has 0 radical (unpaired) electrons. The first kappa shape index (κ1) is 33.7. The van der Waals surface area contributed by atoms with Gasteiger partial charge < -0.3 is 14.6 Å². The molecule has 2 aromatic carbocycles. The molecule has 0 bridgehead atoms. The third kappa shape index (κ3) is 7.08. The van der Waals surface area contributed by atoms with Gasteiger partial charge in [0.15, 0.2) is 5.82 Å². The van der Waals surface area contributed by atoms with Crippen LogP contribution < -0.4 is 10.1 Å². The Morgan fingerprint density at radius 1 is 0.980 bits per heavy atom. The largest absolute Gasteiger partial charge is 0.437 e. The van der Waals surface area contributed by atoms with Gasteiger partial charge in [-0.15, -0.1) is 0 Å². The second-order valence-electron chi connectivity index (χ2n) is 13.4. The van der Waals surface area contributed by atoms with Gasteiger partial charge in [0.25, 0.3) is 5.91 Å². The maximum absolute atomic E-state index is 14.3. The molecular formula is C38H40F3N7O2. The lowest BCUT2D eigenvalue weighted by Gasteiger charge is -2.39. The van der Waals surface area contributed by atoms with Crippen molar-refractivity contribution >= 4 is 22.6 Å². The summed E-state index contributed by atoms with van der Waals surface area (Å²) < 4.78 is 51.3. The lowest BCUT2D eigenvalue weighted by Crippen LogP contribution is -2.50. The maximum atomic E-state index is 14.3. The Balaban J connectivity index is 1.08. The van der Waals surface area contributed by atoms with E-state index in [4.69, 9.17) is 9.72 Å². The van der Waals surface area contributed by atoms with Crippen molar-refractivity contribution in [1.82, 2.24) is 29.3 Å². The average molecular weight is 684 g/mol. The number of fused-ring (bicyclic) bond motifs is 1. The van der Waals surface area contributed by atoms with Gasteiger partial charge >= 0.3 is 6.18 Å². The van der Waals surface area contributed by atoms with Crippen molar-refractivity contribution in [2.45, 2.75) is 51.9 Å². The number of aromatic nitrogens is 4. The van der Waals surface area contributed by atoms with Gasteiger partial charge in [-0.25, -0.2) is 4.98 Å². The van der Waals surface area contributed by atoms with Gasteiger partial charge in [0.2, 0.25) is 5.88 Å². The molecule has 4 heterocycles. The standard InChI is InChI=1S/C38H40F3N7O2/c1-24-5-4-6-32(24)48-19-17-47(18-20-48)23-28-9-8-27(21-30(28)38(39,40)41)36(49)43-29-10-7-25(2)33(22-29)50-37-34-31(13-16-46(34)3)44-35(45-37)26-11-14-42-15-12-26/h7-16,21-22,24,32H,4-6,17-20,23H2,1-3H3,(H,43,49). The van der Waals surface area contributed by atoms with E-state index in [1.807, 2.05) is 42.9 Å². The van der Waals surface area contributed by atoms with Gasteiger partial charge in [-0.1, -0.05) is 25.5 Å². The summed E-state index contributed by atoms with van der Waals surface area (Å²) in [6.07, 6.45) is 4.27. The van der Waals surface area contributed by atoms with Crippen molar-refractivity contribution in [2.75, 3.05) is 31.5 Å². The van der Waals surface area contributed by atoms with E-state index in [1.165, 1.54) is 31.4 Å². The molecule has 2 aliphatic rings. The topological polar surface area (TPSA) is 88.4 Å². The van der Waals surface area contributed by atoms with Gasteiger partial charge in [-0.3, -0.25) is 19.6 Å². The van der Waals surface area contributed by atoms with E-state index in [2.05, 4.69) is 32.0 Å². The van der Waals surface area contributed by atoms with E-state index in [1.54, 1.807) is 30.6 Å². The average Bonchev–Trinajstić information content (AvgIpc) is 3.71. The summed E-state index contributed by atoms with van der Waals surface area (Å²) in [6, 6.07) is 15.0. The minimum Gasteiger partial charge on any atom is -0.437 e. The number of carbonyl (C=O) groups is 1. The minimum atomic E-state index is -4.60. The second-order valence-corrected chi connectivity index (χ2v) is 13.4. The first-order chi connectivity index (χ1) is 24.0. The molecule has 12 heteroatoms. The van der Waals surface area contributed by atoms with Crippen molar-refractivity contribution in [3.05, 3.63) is 95.4 Å². The van der Waals surface area contributed by atoms with E-state index < -0.39 is 17.6 Å². The maximum Gasteiger partial charge on any atom is 0.416 e. The Morgan fingerprint density at radius 2 is 1.76 bits per heavy atom.